The van der Waals surface area contributed by atoms with Crippen molar-refractivity contribution in [2.45, 2.75) is 95.2 Å². The Morgan fingerprint density at radius 3 is 2.02 bits per heavy atom. The number of halogens is 6. The topological polar surface area (TPSA) is 97.3 Å². The van der Waals surface area contributed by atoms with Gasteiger partial charge in [0.1, 0.15) is 12.2 Å². The highest BCUT2D eigenvalue weighted by Gasteiger charge is 2.52. The molecular weight excluding hydrogens is 682 g/mol. The van der Waals surface area contributed by atoms with Crippen LogP contribution in [0.15, 0.2) is 78.9 Å². The fraction of sp³-hybridized carbons (Fsp3) is 0.459. The summed E-state index contributed by atoms with van der Waals surface area (Å²) in [5, 5.41) is 13.0. The molecule has 0 radical (unpaired) electrons. The predicted molar refractivity (Wildman–Crippen MR) is 175 cm³/mol. The van der Waals surface area contributed by atoms with E-state index in [1.165, 1.54) is 11.8 Å². The van der Waals surface area contributed by atoms with Gasteiger partial charge in [0, 0.05) is 6.61 Å². The Hall–Kier alpha value is -4.30. The van der Waals surface area contributed by atoms with Gasteiger partial charge in [-0.15, -0.1) is 0 Å². The lowest BCUT2D eigenvalue weighted by atomic mass is 9.76. The number of piperidine rings is 1. The number of nitrogens with zero attached hydrogens (tertiary/aromatic N) is 1. The molecule has 1 aliphatic heterocycles. The van der Waals surface area contributed by atoms with E-state index in [9.17, 15) is 41.0 Å². The van der Waals surface area contributed by atoms with Crippen molar-refractivity contribution in [2.24, 2.45) is 0 Å². The van der Waals surface area contributed by atoms with Gasteiger partial charge in [0.25, 0.3) is 0 Å². The molecule has 0 aromatic heterocycles. The van der Waals surface area contributed by atoms with E-state index in [-0.39, 0.29) is 37.5 Å². The van der Waals surface area contributed by atoms with Gasteiger partial charge in [-0.05, 0) is 81.8 Å². The molecule has 0 bridgehead atoms. The molecule has 2 amide bonds. The van der Waals surface area contributed by atoms with Crippen molar-refractivity contribution in [1.82, 2.24) is 10.2 Å². The Bertz CT molecular complexity index is 1580. The second-order valence-electron chi connectivity index (χ2n) is 13.5. The molecule has 0 spiro atoms. The molecule has 278 valence electrons. The van der Waals surface area contributed by atoms with Crippen LogP contribution in [0.3, 0.4) is 0 Å². The van der Waals surface area contributed by atoms with E-state index in [1.54, 1.807) is 81.4 Å². The average molecular weight is 725 g/mol. The zero-order chi connectivity index (χ0) is 37.6. The number of alkyl halides is 6. The van der Waals surface area contributed by atoms with E-state index in [0.717, 1.165) is 0 Å². The van der Waals surface area contributed by atoms with Crippen LogP contribution in [0.2, 0.25) is 0 Å². The highest BCUT2D eigenvalue weighted by molar-refractivity contribution is 5.72. The lowest BCUT2D eigenvalue weighted by molar-refractivity contribution is -0.143. The third kappa shape index (κ3) is 10.2. The molecular formula is C37H42F6N2O6. The fourth-order valence-corrected chi connectivity index (χ4v) is 6.22. The van der Waals surface area contributed by atoms with E-state index in [4.69, 9.17) is 14.2 Å². The molecule has 1 aliphatic rings. The maximum atomic E-state index is 14.3. The van der Waals surface area contributed by atoms with Gasteiger partial charge in [0.15, 0.2) is 0 Å². The number of hydrogen-bond acceptors (Lipinski definition) is 6. The van der Waals surface area contributed by atoms with E-state index in [2.05, 4.69) is 5.32 Å². The van der Waals surface area contributed by atoms with Gasteiger partial charge in [0.2, 0.25) is 0 Å². The summed E-state index contributed by atoms with van der Waals surface area (Å²) in [6, 6.07) is 17.0. The molecule has 0 unspecified atom stereocenters. The molecule has 51 heavy (non-hydrogen) atoms. The van der Waals surface area contributed by atoms with Crippen LogP contribution in [-0.2, 0) is 38.7 Å². The zero-order valence-corrected chi connectivity index (χ0v) is 28.7. The van der Waals surface area contributed by atoms with E-state index < -0.39 is 78.2 Å². The van der Waals surface area contributed by atoms with Crippen LogP contribution in [0.25, 0.3) is 0 Å². The van der Waals surface area contributed by atoms with Crippen molar-refractivity contribution in [1.29, 1.82) is 0 Å². The Kier molecular flexibility index (Phi) is 12.3. The minimum absolute atomic E-state index is 0.0341. The van der Waals surface area contributed by atoms with E-state index >= 15 is 0 Å². The first-order chi connectivity index (χ1) is 23.8. The smallest absolute Gasteiger partial charge is 0.416 e. The monoisotopic (exact) mass is 724 g/mol. The van der Waals surface area contributed by atoms with E-state index in [1.807, 2.05) is 0 Å². The summed E-state index contributed by atoms with van der Waals surface area (Å²) in [6.07, 6.45) is -12.7. The van der Waals surface area contributed by atoms with E-state index in [0.29, 0.717) is 23.3 Å². The second kappa shape index (κ2) is 15.9. The first kappa shape index (κ1) is 39.5. The Labute approximate surface area is 292 Å². The average Bonchev–Trinajstić information content (AvgIpc) is 3.06. The molecule has 1 fully saturated rings. The molecule has 4 rings (SSSR count). The SMILES string of the molecule is C[C@@H](OC[C@@]1(c2ccccc2)CC[C@H](NC(=O)OC(C)(C)C)[C@H](CCO)N1C(=O)OCc1ccccc1)c1cc(C(F)(F)F)cc(C(F)(F)F)c1. The van der Waals surface area contributed by atoms with Gasteiger partial charge in [-0.3, -0.25) is 4.90 Å². The van der Waals surface area contributed by atoms with Crippen molar-refractivity contribution in [3.8, 4) is 0 Å². The first-order valence-electron chi connectivity index (χ1n) is 16.4. The molecule has 3 aromatic rings. The second-order valence-corrected chi connectivity index (χ2v) is 13.5. The van der Waals surface area contributed by atoms with Crippen LogP contribution >= 0.6 is 0 Å². The van der Waals surface area contributed by atoms with Gasteiger partial charge in [0.05, 0.1) is 41.5 Å². The van der Waals surface area contributed by atoms with Gasteiger partial charge >= 0.3 is 24.5 Å². The summed E-state index contributed by atoms with van der Waals surface area (Å²) < 4.78 is 99.6. The van der Waals surface area contributed by atoms with Crippen molar-refractivity contribution in [3.63, 3.8) is 0 Å². The maximum absolute atomic E-state index is 14.3. The Morgan fingerprint density at radius 1 is 0.922 bits per heavy atom. The zero-order valence-electron chi connectivity index (χ0n) is 28.7. The molecule has 3 aromatic carbocycles. The van der Waals surface area contributed by atoms with Crippen molar-refractivity contribution < 1.29 is 55.2 Å². The first-order valence-corrected chi connectivity index (χ1v) is 16.4. The van der Waals surface area contributed by atoms with Crippen LogP contribution in [0.1, 0.15) is 80.9 Å². The summed E-state index contributed by atoms with van der Waals surface area (Å²) in [6.45, 7) is 5.45. The summed E-state index contributed by atoms with van der Waals surface area (Å²) in [4.78, 5) is 28.6. The number of nitrogens with one attached hydrogen (secondary N) is 1. The maximum Gasteiger partial charge on any atom is 0.416 e. The quantitative estimate of drug-likeness (QED) is 0.203. The molecule has 2 N–H and O–H groups in total. The normalized spacial score (nSPS) is 20.4. The lowest BCUT2D eigenvalue weighted by Crippen LogP contribution is -2.66. The number of ether oxygens (including phenoxy) is 3. The van der Waals surface area contributed by atoms with Crippen molar-refractivity contribution in [2.75, 3.05) is 13.2 Å². The summed E-state index contributed by atoms with van der Waals surface area (Å²) in [5.41, 5.74) is -4.38. The third-order valence-corrected chi connectivity index (χ3v) is 8.62. The van der Waals surface area contributed by atoms with Crippen LogP contribution in [-0.4, -0.2) is 53.1 Å². The molecule has 14 heteroatoms. The summed E-state index contributed by atoms with van der Waals surface area (Å²) in [7, 11) is 0. The van der Waals surface area contributed by atoms with Crippen molar-refractivity contribution >= 4 is 12.2 Å². The van der Waals surface area contributed by atoms with Crippen molar-refractivity contribution in [3.05, 3.63) is 107 Å². The van der Waals surface area contributed by atoms with Gasteiger partial charge in [-0.25, -0.2) is 9.59 Å². The molecule has 4 atom stereocenters. The van der Waals surface area contributed by atoms with Gasteiger partial charge < -0.3 is 24.6 Å². The fourth-order valence-electron chi connectivity index (χ4n) is 6.22. The van der Waals surface area contributed by atoms with Crippen LogP contribution in [0.5, 0.6) is 0 Å². The lowest BCUT2D eigenvalue weighted by Gasteiger charge is -2.53. The molecule has 1 saturated heterocycles. The van der Waals surface area contributed by atoms with Crippen LogP contribution in [0.4, 0.5) is 35.9 Å². The van der Waals surface area contributed by atoms with Crippen LogP contribution in [0, 0.1) is 0 Å². The minimum atomic E-state index is -5.06. The molecule has 1 heterocycles. The largest absolute Gasteiger partial charge is 0.445 e. The molecule has 0 saturated carbocycles. The number of carbonyl (C=O) groups excluding carboxylic acids is 2. The number of rotatable bonds is 10. The highest BCUT2D eigenvalue weighted by atomic mass is 19.4. The van der Waals surface area contributed by atoms with Crippen LogP contribution < -0.4 is 5.32 Å². The number of aliphatic hydroxyl groups is 1. The number of hydrogen-bond donors (Lipinski definition) is 2. The number of amides is 2. The molecule has 0 aliphatic carbocycles. The minimum Gasteiger partial charge on any atom is -0.445 e. The summed E-state index contributed by atoms with van der Waals surface area (Å²) >= 11 is 0. The highest BCUT2D eigenvalue weighted by Crippen LogP contribution is 2.44. The van der Waals surface area contributed by atoms with Gasteiger partial charge in [-0.1, -0.05) is 60.7 Å². The number of benzene rings is 3. The standard InChI is InChI=1S/C37H42F6N2O6/c1-24(26-19-28(36(38,39)40)21-29(20-26)37(41,42)43)50-23-35(27-13-9-6-10-14-27)17-15-30(44-32(47)51-34(2,3)4)31(16-18-46)45(35)33(48)49-22-25-11-7-5-8-12-25/h5-14,19-21,24,30-31,46H,15-18,22-23H2,1-4H3,(H,44,47)/t24-,30+,31+,35-/m1/s1. The van der Waals surface area contributed by atoms with Gasteiger partial charge in [-0.2, -0.15) is 26.3 Å². The third-order valence-electron chi connectivity index (χ3n) is 8.62. The Balaban J connectivity index is 1.78. The Morgan fingerprint density at radius 2 is 1.49 bits per heavy atom. The number of alkyl carbamates (subject to hydrolysis) is 1. The predicted octanol–water partition coefficient (Wildman–Crippen LogP) is 8.77. The number of likely N-dealkylation sites (tertiary alicyclic amines) is 1. The number of carbonyl (C=O) groups is 2. The summed E-state index contributed by atoms with van der Waals surface area (Å²) in [5.74, 6) is 0. The number of aliphatic hydroxyl groups excluding tert-OH is 1. The molecule has 8 nitrogen and oxygen atoms in total.